The van der Waals surface area contributed by atoms with E-state index in [1.165, 1.54) is 0 Å². The molecular weight excluding hydrogens is 174 g/mol. The van der Waals surface area contributed by atoms with Crippen molar-refractivity contribution in [3.05, 3.63) is 0 Å². The minimum atomic E-state index is -0.353. The third-order valence-electron chi connectivity index (χ3n) is 2.15. The molecule has 0 amide bonds. The topological polar surface area (TPSA) is 30.3 Å². The summed E-state index contributed by atoms with van der Waals surface area (Å²) in [7, 11) is 2.11. The average molecular weight is 188 g/mol. The number of hydrogen-bond donors (Lipinski definition) is 0. The number of halogens is 1. The van der Waals surface area contributed by atoms with Crippen LogP contribution in [0.5, 0.6) is 0 Å². The van der Waals surface area contributed by atoms with Crippen LogP contribution in [-0.2, 0) is 0 Å². The van der Waals surface area contributed by atoms with Gasteiger partial charge in [-0.2, -0.15) is 5.26 Å². The molecule has 1 saturated heterocycles. The maximum Gasteiger partial charge on any atom is 0.133 e. The van der Waals surface area contributed by atoms with Crippen LogP contribution >= 0.6 is 11.6 Å². The summed E-state index contributed by atoms with van der Waals surface area (Å²) in [5.41, 5.74) is 0. The Morgan fingerprint density at radius 2 is 2.00 bits per heavy atom. The van der Waals surface area contributed by atoms with Crippen molar-refractivity contribution in [3.63, 3.8) is 0 Å². The van der Waals surface area contributed by atoms with Gasteiger partial charge in [-0.25, -0.2) is 0 Å². The zero-order valence-corrected chi connectivity index (χ0v) is 8.09. The lowest BCUT2D eigenvalue weighted by atomic mass is 10.3. The summed E-state index contributed by atoms with van der Waals surface area (Å²) in [6, 6.07) is 2.03. The number of likely N-dealkylation sites (N-methyl/N-ethyl adjacent to an activating group) is 1. The van der Waals surface area contributed by atoms with Crippen molar-refractivity contribution < 1.29 is 0 Å². The molecule has 1 heterocycles. The summed E-state index contributed by atoms with van der Waals surface area (Å²) in [5.74, 6) is 0. The Hall–Kier alpha value is -0.300. The average Bonchev–Trinajstić information content (AvgIpc) is 2.09. The Bertz CT molecular complexity index is 170. The number of nitrogens with zero attached hydrogens (tertiary/aromatic N) is 3. The van der Waals surface area contributed by atoms with Gasteiger partial charge < -0.3 is 4.90 Å². The van der Waals surface area contributed by atoms with Gasteiger partial charge in [0, 0.05) is 32.7 Å². The van der Waals surface area contributed by atoms with Gasteiger partial charge in [0.2, 0.25) is 0 Å². The van der Waals surface area contributed by atoms with Crippen LogP contribution in [0.3, 0.4) is 0 Å². The molecule has 0 radical (unpaired) electrons. The second-order valence-electron chi connectivity index (χ2n) is 3.20. The molecule has 0 aromatic heterocycles. The van der Waals surface area contributed by atoms with E-state index in [0.29, 0.717) is 6.54 Å². The van der Waals surface area contributed by atoms with E-state index in [2.05, 4.69) is 16.8 Å². The van der Waals surface area contributed by atoms with Crippen molar-refractivity contribution in [1.82, 2.24) is 9.80 Å². The SMILES string of the molecule is CN1CCN(CC(Cl)C#N)CC1. The molecule has 0 aromatic carbocycles. The largest absolute Gasteiger partial charge is 0.304 e. The van der Waals surface area contributed by atoms with Crippen LogP contribution in [0.15, 0.2) is 0 Å². The first-order valence-electron chi connectivity index (χ1n) is 4.17. The molecule has 12 heavy (non-hydrogen) atoms. The second kappa shape index (κ2) is 4.66. The standard InChI is InChI=1S/C8H14ClN3/c1-11-2-4-12(5-3-11)7-8(9)6-10/h8H,2-5,7H2,1H3. The molecule has 3 nitrogen and oxygen atoms in total. The van der Waals surface area contributed by atoms with Crippen LogP contribution in [0.1, 0.15) is 0 Å². The lowest BCUT2D eigenvalue weighted by Crippen LogP contribution is -2.46. The summed E-state index contributed by atoms with van der Waals surface area (Å²) < 4.78 is 0. The predicted molar refractivity (Wildman–Crippen MR) is 49.2 cm³/mol. The molecule has 0 aliphatic carbocycles. The van der Waals surface area contributed by atoms with Crippen LogP contribution in [0, 0.1) is 11.3 Å². The van der Waals surface area contributed by atoms with Crippen molar-refractivity contribution in [2.75, 3.05) is 39.8 Å². The monoisotopic (exact) mass is 187 g/mol. The molecule has 1 aliphatic rings. The van der Waals surface area contributed by atoms with Gasteiger partial charge in [-0.15, -0.1) is 11.6 Å². The van der Waals surface area contributed by atoms with Crippen molar-refractivity contribution in [3.8, 4) is 6.07 Å². The molecule has 4 heteroatoms. The Balaban J connectivity index is 2.22. The summed E-state index contributed by atoms with van der Waals surface area (Å²) in [6.07, 6.45) is 0. The predicted octanol–water partition coefficient (Wildman–Crippen LogP) is 0.365. The molecule has 1 fully saturated rings. The minimum Gasteiger partial charge on any atom is -0.304 e. The van der Waals surface area contributed by atoms with Crippen LogP contribution in [0.25, 0.3) is 0 Å². The van der Waals surface area contributed by atoms with Crippen LogP contribution in [0.2, 0.25) is 0 Å². The molecule has 68 valence electrons. The highest BCUT2D eigenvalue weighted by Crippen LogP contribution is 2.03. The molecule has 1 atom stereocenters. The third kappa shape index (κ3) is 2.98. The summed E-state index contributed by atoms with van der Waals surface area (Å²) in [6.45, 7) is 4.92. The second-order valence-corrected chi connectivity index (χ2v) is 3.73. The van der Waals surface area contributed by atoms with Gasteiger partial charge >= 0.3 is 0 Å². The van der Waals surface area contributed by atoms with Gasteiger partial charge in [-0.1, -0.05) is 0 Å². The van der Waals surface area contributed by atoms with Crippen molar-refractivity contribution >= 4 is 11.6 Å². The molecule has 1 aliphatic heterocycles. The van der Waals surface area contributed by atoms with Crippen molar-refractivity contribution in [2.45, 2.75) is 5.38 Å². The van der Waals surface area contributed by atoms with E-state index in [4.69, 9.17) is 16.9 Å². The fraction of sp³-hybridized carbons (Fsp3) is 0.875. The minimum absolute atomic E-state index is 0.353. The maximum absolute atomic E-state index is 8.50. The first-order chi connectivity index (χ1) is 5.72. The van der Waals surface area contributed by atoms with Crippen LogP contribution in [-0.4, -0.2) is 54.9 Å². The third-order valence-corrected chi connectivity index (χ3v) is 2.39. The van der Waals surface area contributed by atoms with Crippen molar-refractivity contribution in [1.29, 1.82) is 5.26 Å². The zero-order valence-electron chi connectivity index (χ0n) is 7.33. The Morgan fingerprint density at radius 3 is 2.50 bits per heavy atom. The first-order valence-corrected chi connectivity index (χ1v) is 4.60. The highest BCUT2D eigenvalue weighted by Gasteiger charge is 2.16. The molecule has 0 aromatic rings. The molecule has 0 bridgehead atoms. The number of rotatable bonds is 2. The molecule has 1 rings (SSSR count). The fourth-order valence-electron chi connectivity index (χ4n) is 1.30. The highest BCUT2D eigenvalue weighted by atomic mass is 35.5. The van der Waals surface area contributed by atoms with Gasteiger partial charge in [0.15, 0.2) is 0 Å². The van der Waals surface area contributed by atoms with Gasteiger partial charge in [-0.05, 0) is 7.05 Å². The van der Waals surface area contributed by atoms with Crippen LogP contribution in [0.4, 0.5) is 0 Å². The van der Waals surface area contributed by atoms with E-state index in [1.54, 1.807) is 0 Å². The van der Waals surface area contributed by atoms with Gasteiger partial charge in [0.1, 0.15) is 5.38 Å². The van der Waals surface area contributed by atoms with Crippen molar-refractivity contribution in [2.24, 2.45) is 0 Å². The highest BCUT2D eigenvalue weighted by molar-refractivity contribution is 6.22. The van der Waals surface area contributed by atoms with E-state index in [0.717, 1.165) is 26.2 Å². The molecule has 1 unspecified atom stereocenters. The number of piperazine rings is 1. The molecule has 0 N–H and O–H groups in total. The number of nitriles is 1. The quantitative estimate of drug-likeness (QED) is 0.585. The molecule has 0 spiro atoms. The van der Waals surface area contributed by atoms with E-state index in [1.807, 2.05) is 6.07 Å². The number of hydrogen-bond acceptors (Lipinski definition) is 3. The fourth-order valence-corrected chi connectivity index (χ4v) is 1.49. The number of alkyl halides is 1. The zero-order chi connectivity index (χ0) is 8.97. The van der Waals surface area contributed by atoms with E-state index in [9.17, 15) is 0 Å². The normalized spacial score (nSPS) is 23.4. The van der Waals surface area contributed by atoms with E-state index < -0.39 is 0 Å². The Kier molecular flexibility index (Phi) is 3.80. The Labute approximate surface area is 78.5 Å². The molecular formula is C8H14ClN3. The van der Waals surface area contributed by atoms with E-state index in [-0.39, 0.29) is 5.38 Å². The van der Waals surface area contributed by atoms with E-state index >= 15 is 0 Å². The summed E-state index contributed by atoms with van der Waals surface area (Å²) in [4.78, 5) is 4.52. The van der Waals surface area contributed by atoms with Gasteiger partial charge in [0.05, 0.1) is 6.07 Å². The lowest BCUT2D eigenvalue weighted by Gasteiger charge is -2.32. The van der Waals surface area contributed by atoms with Crippen LogP contribution < -0.4 is 0 Å². The summed E-state index contributed by atoms with van der Waals surface area (Å²) >= 11 is 5.72. The summed E-state index contributed by atoms with van der Waals surface area (Å²) in [5, 5.41) is 8.15. The van der Waals surface area contributed by atoms with Gasteiger partial charge in [-0.3, -0.25) is 4.90 Å². The first kappa shape index (κ1) is 9.79. The molecule has 0 saturated carbocycles. The maximum atomic E-state index is 8.50. The smallest absolute Gasteiger partial charge is 0.133 e. The van der Waals surface area contributed by atoms with Gasteiger partial charge in [0.25, 0.3) is 0 Å². The Morgan fingerprint density at radius 1 is 1.42 bits per heavy atom. The lowest BCUT2D eigenvalue weighted by molar-refractivity contribution is 0.157.